The van der Waals surface area contributed by atoms with E-state index >= 15 is 0 Å². The summed E-state index contributed by atoms with van der Waals surface area (Å²) >= 11 is 0. The number of aryl methyl sites for hydroxylation is 1. The maximum Gasteiger partial charge on any atom is 0.163 e. The lowest BCUT2D eigenvalue weighted by Crippen LogP contribution is -2.02. The molecular weight excluding hydrogens is 306 g/mol. The summed E-state index contributed by atoms with van der Waals surface area (Å²) in [4.78, 5) is 23.6. The number of hydrogen-bond donors (Lipinski definition) is 1. The van der Waals surface area contributed by atoms with E-state index in [9.17, 15) is 14.7 Å². The van der Waals surface area contributed by atoms with Gasteiger partial charge in [-0.15, -0.1) is 0 Å². The van der Waals surface area contributed by atoms with Crippen molar-refractivity contribution in [3.05, 3.63) is 59.9 Å². The fourth-order valence-electron chi connectivity index (χ4n) is 2.12. The molecule has 0 aliphatic rings. The van der Waals surface area contributed by atoms with Crippen LogP contribution in [0.1, 0.15) is 17.7 Å². The van der Waals surface area contributed by atoms with Crippen LogP contribution in [0.5, 0.6) is 11.5 Å². The predicted octanol–water partition coefficient (Wildman–Crippen LogP) is 2.99. The van der Waals surface area contributed by atoms with Gasteiger partial charge in [-0.25, -0.2) is 0 Å². The molecule has 1 aromatic heterocycles. The predicted molar refractivity (Wildman–Crippen MR) is 92.8 cm³/mol. The topological polar surface area (TPSA) is 68.5 Å². The normalized spacial score (nSPS) is 11.2. The molecule has 0 spiro atoms. The molecular formula is C19H19NO4. The highest BCUT2D eigenvalue weighted by atomic mass is 16.5. The summed E-state index contributed by atoms with van der Waals surface area (Å²) in [5, 5.41) is 9.68. The van der Waals surface area contributed by atoms with Crippen LogP contribution < -0.4 is 4.74 Å². The number of rotatable bonds is 7. The van der Waals surface area contributed by atoms with Crippen LogP contribution in [-0.4, -0.2) is 28.3 Å². The van der Waals surface area contributed by atoms with Crippen molar-refractivity contribution in [1.29, 1.82) is 0 Å². The summed E-state index contributed by atoms with van der Waals surface area (Å²) < 4.78 is 6.83. The molecule has 5 heteroatoms. The minimum absolute atomic E-state index is 0.00586. The molecule has 0 atom stereocenters. The summed E-state index contributed by atoms with van der Waals surface area (Å²) in [5.41, 5.74) is 1.54. The first kappa shape index (κ1) is 17.3. The molecule has 0 amide bonds. The largest absolute Gasteiger partial charge is 0.504 e. The Morgan fingerprint density at radius 2 is 1.88 bits per heavy atom. The fourth-order valence-corrected chi connectivity index (χ4v) is 2.12. The van der Waals surface area contributed by atoms with Crippen molar-refractivity contribution in [2.24, 2.45) is 7.05 Å². The molecule has 0 unspecified atom stereocenters. The van der Waals surface area contributed by atoms with Crippen LogP contribution in [0, 0.1) is 0 Å². The van der Waals surface area contributed by atoms with E-state index in [2.05, 4.69) is 0 Å². The van der Waals surface area contributed by atoms with Gasteiger partial charge in [-0.1, -0.05) is 12.1 Å². The number of phenols is 1. The molecule has 24 heavy (non-hydrogen) atoms. The van der Waals surface area contributed by atoms with Gasteiger partial charge in [-0.05, 0) is 48.1 Å². The van der Waals surface area contributed by atoms with Gasteiger partial charge in [0.25, 0.3) is 0 Å². The number of nitrogens with zero attached hydrogens (tertiary/aromatic N) is 1. The Hall–Kier alpha value is -3.08. The third kappa shape index (κ3) is 4.71. The number of ketones is 2. The van der Waals surface area contributed by atoms with Crippen molar-refractivity contribution in [3.63, 3.8) is 0 Å². The maximum absolute atomic E-state index is 11.8. The Morgan fingerprint density at radius 1 is 1.17 bits per heavy atom. The Morgan fingerprint density at radius 3 is 2.46 bits per heavy atom. The first-order valence-electron chi connectivity index (χ1n) is 7.40. The molecule has 5 nitrogen and oxygen atoms in total. The second-order valence-electron chi connectivity index (χ2n) is 5.25. The molecule has 0 aliphatic carbocycles. The average molecular weight is 325 g/mol. The second kappa shape index (κ2) is 7.97. The number of carbonyl (C=O) groups is 2. The lowest BCUT2D eigenvalue weighted by molar-refractivity contribution is -0.121. The molecule has 1 heterocycles. The standard InChI is InChI=1S/C19H19NO4/c1-20-11-3-4-15(20)7-9-17(22)13-16(21)8-5-14-6-10-19(24-2)18(23)12-14/h3-12,23H,13H2,1-2H3. The van der Waals surface area contributed by atoms with E-state index in [-0.39, 0.29) is 23.7 Å². The smallest absolute Gasteiger partial charge is 0.163 e. The minimum atomic E-state index is -0.299. The van der Waals surface area contributed by atoms with E-state index in [1.54, 1.807) is 24.3 Å². The van der Waals surface area contributed by atoms with Gasteiger partial charge in [0.05, 0.1) is 13.5 Å². The Bertz CT molecular complexity index is 799. The minimum Gasteiger partial charge on any atom is -0.504 e. The molecule has 124 valence electrons. The summed E-state index contributed by atoms with van der Waals surface area (Å²) in [7, 11) is 3.34. The van der Waals surface area contributed by atoms with Gasteiger partial charge in [-0.3, -0.25) is 9.59 Å². The van der Waals surface area contributed by atoms with Crippen LogP contribution in [0.2, 0.25) is 0 Å². The van der Waals surface area contributed by atoms with E-state index in [4.69, 9.17) is 4.74 Å². The number of hydrogen-bond acceptors (Lipinski definition) is 4. The highest BCUT2D eigenvalue weighted by molar-refractivity contribution is 6.10. The van der Waals surface area contributed by atoms with Gasteiger partial charge in [0.15, 0.2) is 23.1 Å². The van der Waals surface area contributed by atoms with E-state index in [1.807, 2.05) is 29.9 Å². The lowest BCUT2D eigenvalue weighted by Gasteiger charge is -2.03. The lowest BCUT2D eigenvalue weighted by atomic mass is 10.1. The molecule has 2 rings (SSSR count). The molecule has 0 bridgehead atoms. The van der Waals surface area contributed by atoms with Gasteiger partial charge in [0.2, 0.25) is 0 Å². The number of phenolic OH excluding ortho intramolecular Hbond substituents is 1. The average Bonchev–Trinajstić information content (AvgIpc) is 2.96. The highest BCUT2D eigenvalue weighted by Crippen LogP contribution is 2.26. The number of ether oxygens (including phenoxy) is 1. The molecule has 0 saturated heterocycles. The molecule has 0 saturated carbocycles. The maximum atomic E-state index is 11.8. The molecule has 0 fully saturated rings. The number of aromatic nitrogens is 1. The number of allylic oxidation sites excluding steroid dienone is 2. The van der Waals surface area contributed by atoms with Crippen molar-refractivity contribution in [1.82, 2.24) is 4.57 Å². The summed E-state index contributed by atoms with van der Waals surface area (Å²) in [5.74, 6) is -0.205. The SMILES string of the molecule is COc1ccc(C=CC(=O)CC(=O)C=Cc2cccn2C)cc1O. The molecule has 2 aromatic rings. The van der Waals surface area contributed by atoms with Crippen LogP contribution >= 0.6 is 0 Å². The van der Waals surface area contributed by atoms with Crippen molar-refractivity contribution in [2.45, 2.75) is 6.42 Å². The third-order valence-electron chi connectivity index (χ3n) is 3.44. The number of methoxy groups -OCH3 is 1. The van der Waals surface area contributed by atoms with Gasteiger partial charge in [0.1, 0.15) is 0 Å². The first-order chi connectivity index (χ1) is 11.5. The Balaban J connectivity index is 1.92. The fraction of sp³-hybridized carbons (Fsp3) is 0.158. The quantitative estimate of drug-likeness (QED) is 0.628. The van der Waals surface area contributed by atoms with Crippen molar-refractivity contribution >= 4 is 23.7 Å². The van der Waals surface area contributed by atoms with Crippen LogP contribution in [0.25, 0.3) is 12.2 Å². The summed E-state index contributed by atoms with van der Waals surface area (Å²) in [6.07, 6.45) is 7.65. The van der Waals surface area contributed by atoms with Crippen molar-refractivity contribution in [2.75, 3.05) is 7.11 Å². The van der Waals surface area contributed by atoms with Crippen LogP contribution in [0.15, 0.2) is 48.7 Å². The number of benzene rings is 1. The van der Waals surface area contributed by atoms with Crippen molar-refractivity contribution < 1.29 is 19.4 Å². The highest BCUT2D eigenvalue weighted by Gasteiger charge is 2.05. The van der Waals surface area contributed by atoms with Crippen LogP contribution in [0.4, 0.5) is 0 Å². The zero-order chi connectivity index (χ0) is 17.5. The number of carbonyl (C=O) groups excluding carboxylic acids is 2. The zero-order valence-corrected chi connectivity index (χ0v) is 13.6. The molecule has 1 aromatic carbocycles. The number of aromatic hydroxyl groups is 1. The van der Waals surface area contributed by atoms with Gasteiger partial charge in [0, 0.05) is 18.9 Å². The molecule has 0 aliphatic heterocycles. The van der Waals surface area contributed by atoms with Crippen molar-refractivity contribution in [3.8, 4) is 11.5 Å². The van der Waals surface area contributed by atoms with E-state index in [0.29, 0.717) is 11.3 Å². The summed E-state index contributed by atoms with van der Waals surface area (Å²) in [6.45, 7) is 0. The Kier molecular flexibility index (Phi) is 5.73. The van der Waals surface area contributed by atoms with E-state index < -0.39 is 0 Å². The second-order valence-corrected chi connectivity index (χ2v) is 5.25. The summed E-state index contributed by atoms with van der Waals surface area (Å²) in [6, 6.07) is 8.55. The monoisotopic (exact) mass is 325 g/mol. The first-order valence-corrected chi connectivity index (χ1v) is 7.40. The molecule has 0 radical (unpaired) electrons. The Labute approximate surface area is 140 Å². The van der Waals surface area contributed by atoms with Crippen LogP contribution in [0.3, 0.4) is 0 Å². The van der Waals surface area contributed by atoms with E-state index in [0.717, 1.165) is 5.69 Å². The van der Waals surface area contributed by atoms with Gasteiger partial charge >= 0.3 is 0 Å². The third-order valence-corrected chi connectivity index (χ3v) is 3.44. The van der Waals surface area contributed by atoms with Crippen LogP contribution in [-0.2, 0) is 16.6 Å². The molecule has 1 N–H and O–H groups in total. The zero-order valence-electron chi connectivity index (χ0n) is 13.6. The van der Waals surface area contributed by atoms with E-state index in [1.165, 1.54) is 25.3 Å². The van der Waals surface area contributed by atoms with Gasteiger partial charge in [-0.2, -0.15) is 0 Å². The van der Waals surface area contributed by atoms with Gasteiger partial charge < -0.3 is 14.4 Å².